The van der Waals surface area contributed by atoms with Gasteiger partial charge < -0.3 is 9.47 Å². The molecule has 2 aromatic heterocycles. The van der Waals surface area contributed by atoms with Crippen molar-refractivity contribution in [2.24, 2.45) is 0 Å². The molecule has 5 nitrogen and oxygen atoms in total. The molecule has 0 saturated carbocycles. The second kappa shape index (κ2) is 5.17. The molecule has 0 N–H and O–H groups in total. The first-order chi connectivity index (χ1) is 9.24. The van der Waals surface area contributed by atoms with Crippen LogP contribution in [0.1, 0.15) is 19.3 Å². The van der Waals surface area contributed by atoms with Crippen LogP contribution in [-0.4, -0.2) is 38.7 Å². The van der Waals surface area contributed by atoms with Crippen LogP contribution >= 0.6 is 11.6 Å². The SMILES string of the molecule is O=C(Cn1ccc2cc(Cl)nnc21)N1CCCCC1. The average Bonchev–Trinajstić information content (AvgIpc) is 2.82. The number of likely N-dealkylation sites (tertiary alicyclic amines) is 1. The van der Waals surface area contributed by atoms with Gasteiger partial charge in [0, 0.05) is 24.7 Å². The van der Waals surface area contributed by atoms with Crippen molar-refractivity contribution in [3.8, 4) is 0 Å². The minimum atomic E-state index is 0.147. The van der Waals surface area contributed by atoms with Crippen molar-refractivity contribution >= 4 is 28.5 Å². The van der Waals surface area contributed by atoms with Crippen LogP contribution in [0, 0.1) is 0 Å². The van der Waals surface area contributed by atoms with Gasteiger partial charge in [0.15, 0.2) is 10.8 Å². The molecular formula is C13H15ClN4O. The summed E-state index contributed by atoms with van der Waals surface area (Å²) >= 11 is 5.80. The van der Waals surface area contributed by atoms with E-state index >= 15 is 0 Å². The average molecular weight is 279 g/mol. The minimum Gasteiger partial charge on any atom is -0.341 e. The van der Waals surface area contributed by atoms with Gasteiger partial charge in [-0.25, -0.2) is 0 Å². The number of nitrogens with zero attached hydrogens (tertiary/aromatic N) is 4. The van der Waals surface area contributed by atoms with Gasteiger partial charge in [-0.15, -0.1) is 10.2 Å². The molecule has 0 aliphatic carbocycles. The van der Waals surface area contributed by atoms with Crippen molar-refractivity contribution in [3.63, 3.8) is 0 Å². The Labute approximate surface area is 116 Å². The van der Waals surface area contributed by atoms with Crippen LogP contribution in [0.3, 0.4) is 0 Å². The maximum absolute atomic E-state index is 12.2. The molecule has 6 heteroatoms. The van der Waals surface area contributed by atoms with Crippen molar-refractivity contribution in [1.82, 2.24) is 19.7 Å². The quantitative estimate of drug-likeness (QED) is 0.845. The van der Waals surface area contributed by atoms with Gasteiger partial charge in [0.05, 0.1) is 0 Å². The highest BCUT2D eigenvalue weighted by Crippen LogP contribution is 2.16. The summed E-state index contributed by atoms with van der Waals surface area (Å²) < 4.78 is 1.83. The summed E-state index contributed by atoms with van der Waals surface area (Å²) in [5.74, 6) is 0.147. The number of rotatable bonds is 2. The highest BCUT2D eigenvalue weighted by molar-refractivity contribution is 6.29. The highest BCUT2D eigenvalue weighted by atomic mass is 35.5. The van der Waals surface area contributed by atoms with Crippen LogP contribution in [0.25, 0.3) is 11.0 Å². The Morgan fingerprint density at radius 1 is 1.26 bits per heavy atom. The Morgan fingerprint density at radius 2 is 2.05 bits per heavy atom. The third kappa shape index (κ3) is 2.56. The fraction of sp³-hybridized carbons (Fsp3) is 0.462. The zero-order valence-corrected chi connectivity index (χ0v) is 11.3. The second-order valence-electron chi connectivity index (χ2n) is 4.83. The van der Waals surface area contributed by atoms with Crippen molar-refractivity contribution in [2.45, 2.75) is 25.8 Å². The smallest absolute Gasteiger partial charge is 0.242 e. The first kappa shape index (κ1) is 12.4. The van der Waals surface area contributed by atoms with Gasteiger partial charge in [-0.1, -0.05) is 11.6 Å². The van der Waals surface area contributed by atoms with Gasteiger partial charge in [-0.3, -0.25) is 4.79 Å². The number of halogens is 1. The fourth-order valence-electron chi connectivity index (χ4n) is 2.48. The topological polar surface area (TPSA) is 51.0 Å². The van der Waals surface area contributed by atoms with E-state index in [1.807, 2.05) is 21.7 Å². The monoisotopic (exact) mass is 278 g/mol. The third-order valence-corrected chi connectivity index (χ3v) is 3.68. The molecule has 3 heterocycles. The normalized spacial score (nSPS) is 15.9. The first-order valence-corrected chi connectivity index (χ1v) is 6.88. The van der Waals surface area contributed by atoms with Crippen LogP contribution in [-0.2, 0) is 11.3 Å². The third-order valence-electron chi connectivity index (χ3n) is 3.49. The predicted octanol–water partition coefficient (Wildman–Crippen LogP) is 2.10. The second-order valence-corrected chi connectivity index (χ2v) is 5.22. The van der Waals surface area contributed by atoms with Crippen molar-refractivity contribution in [2.75, 3.05) is 13.1 Å². The van der Waals surface area contributed by atoms with Gasteiger partial charge >= 0.3 is 0 Å². The van der Waals surface area contributed by atoms with E-state index in [0.717, 1.165) is 31.3 Å². The molecule has 0 radical (unpaired) electrons. The van der Waals surface area contributed by atoms with Crippen LogP contribution in [0.4, 0.5) is 0 Å². The predicted molar refractivity (Wildman–Crippen MR) is 73.0 cm³/mol. The summed E-state index contributed by atoms with van der Waals surface area (Å²) in [7, 11) is 0. The van der Waals surface area contributed by atoms with E-state index in [9.17, 15) is 4.79 Å². The number of hydrogen-bond donors (Lipinski definition) is 0. The van der Waals surface area contributed by atoms with E-state index in [-0.39, 0.29) is 5.91 Å². The summed E-state index contributed by atoms with van der Waals surface area (Å²) in [4.78, 5) is 14.1. The number of carbonyl (C=O) groups excluding carboxylic acids is 1. The van der Waals surface area contributed by atoms with Crippen LogP contribution in [0.15, 0.2) is 18.3 Å². The fourth-order valence-corrected chi connectivity index (χ4v) is 2.63. The van der Waals surface area contributed by atoms with Crippen molar-refractivity contribution in [3.05, 3.63) is 23.5 Å². The summed E-state index contributed by atoms with van der Waals surface area (Å²) in [6, 6.07) is 3.66. The molecule has 0 bridgehead atoms. The first-order valence-electron chi connectivity index (χ1n) is 6.50. The Bertz CT molecular complexity index is 604. The van der Waals surface area contributed by atoms with Crippen LogP contribution in [0.5, 0.6) is 0 Å². The Morgan fingerprint density at radius 3 is 2.84 bits per heavy atom. The van der Waals surface area contributed by atoms with Crippen LogP contribution < -0.4 is 0 Å². The molecule has 1 saturated heterocycles. The lowest BCUT2D eigenvalue weighted by atomic mass is 10.1. The number of aromatic nitrogens is 3. The molecule has 1 aliphatic rings. The Balaban J connectivity index is 1.79. The number of hydrogen-bond acceptors (Lipinski definition) is 3. The molecule has 1 fully saturated rings. The lowest BCUT2D eigenvalue weighted by Gasteiger charge is -2.26. The Hall–Kier alpha value is -1.62. The number of carbonyl (C=O) groups is 1. The molecular weight excluding hydrogens is 264 g/mol. The van der Waals surface area contributed by atoms with Gasteiger partial charge in [-0.05, 0) is 31.4 Å². The van der Waals surface area contributed by atoms with Gasteiger partial charge in [0.2, 0.25) is 5.91 Å². The zero-order chi connectivity index (χ0) is 13.2. The number of fused-ring (bicyclic) bond motifs is 1. The van der Waals surface area contributed by atoms with E-state index in [1.54, 1.807) is 6.07 Å². The highest BCUT2D eigenvalue weighted by Gasteiger charge is 2.17. The molecule has 19 heavy (non-hydrogen) atoms. The van der Waals surface area contributed by atoms with Crippen LogP contribution in [0.2, 0.25) is 5.15 Å². The number of piperidine rings is 1. The van der Waals surface area contributed by atoms with E-state index < -0.39 is 0 Å². The molecule has 0 unspecified atom stereocenters. The summed E-state index contributed by atoms with van der Waals surface area (Å²) in [6.45, 7) is 2.06. The minimum absolute atomic E-state index is 0.147. The van der Waals surface area contributed by atoms with Crippen molar-refractivity contribution in [1.29, 1.82) is 0 Å². The zero-order valence-electron chi connectivity index (χ0n) is 10.5. The summed E-state index contributed by atoms with van der Waals surface area (Å²) in [6.07, 6.45) is 5.29. The molecule has 1 amide bonds. The van der Waals surface area contributed by atoms with E-state index in [4.69, 9.17) is 11.6 Å². The summed E-state index contributed by atoms with van der Waals surface area (Å²) in [5.41, 5.74) is 0.703. The van der Waals surface area contributed by atoms with E-state index in [0.29, 0.717) is 17.3 Å². The molecule has 0 atom stereocenters. The standard InChI is InChI=1S/C13H15ClN4O/c14-11-8-10-4-7-18(13(10)16-15-11)9-12(19)17-5-2-1-3-6-17/h4,7-8H,1-3,5-6,9H2. The molecule has 0 spiro atoms. The largest absolute Gasteiger partial charge is 0.341 e. The molecule has 2 aromatic rings. The van der Waals surface area contributed by atoms with Gasteiger partial charge in [0.1, 0.15) is 6.54 Å². The molecule has 0 aromatic carbocycles. The summed E-state index contributed by atoms with van der Waals surface area (Å²) in [5, 5.41) is 9.16. The lowest BCUT2D eigenvalue weighted by Crippen LogP contribution is -2.37. The number of amides is 1. The molecule has 1 aliphatic heterocycles. The van der Waals surface area contributed by atoms with Gasteiger partial charge in [0.25, 0.3) is 0 Å². The molecule has 3 rings (SSSR count). The van der Waals surface area contributed by atoms with E-state index in [2.05, 4.69) is 10.2 Å². The molecule has 100 valence electrons. The maximum atomic E-state index is 12.2. The van der Waals surface area contributed by atoms with Gasteiger partial charge in [-0.2, -0.15) is 0 Å². The van der Waals surface area contributed by atoms with Crippen molar-refractivity contribution < 1.29 is 4.79 Å². The van der Waals surface area contributed by atoms with E-state index in [1.165, 1.54) is 6.42 Å². The maximum Gasteiger partial charge on any atom is 0.242 e. The lowest BCUT2D eigenvalue weighted by molar-refractivity contribution is -0.132. The Kier molecular flexibility index (Phi) is 3.38.